The molecule has 0 aliphatic rings. The van der Waals surface area contributed by atoms with Crippen molar-refractivity contribution in [1.82, 2.24) is 0 Å². The molecule has 1 N–H and O–H groups in total. The number of ether oxygens (including phenoxy) is 1. The molecule has 1 aromatic heterocycles. The molecule has 1 unspecified atom stereocenters. The number of benzene rings is 1. The lowest BCUT2D eigenvalue weighted by molar-refractivity contribution is 0.0696. The molecule has 28 heavy (non-hydrogen) atoms. The lowest BCUT2D eigenvalue weighted by Crippen LogP contribution is -2.08. The topological polar surface area (TPSA) is 82.1 Å². The second kappa shape index (κ2) is 9.70. The van der Waals surface area contributed by atoms with E-state index in [0.717, 1.165) is 10.4 Å². The molecule has 8 heteroatoms. The van der Waals surface area contributed by atoms with Crippen molar-refractivity contribution in [1.29, 1.82) is 0 Å². The number of carbonyl (C=O) groups is 1. The van der Waals surface area contributed by atoms with Crippen LogP contribution in [0.25, 0.3) is 0 Å². The van der Waals surface area contributed by atoms with Gasteiger partial charge in [-0.1, -0.05) is 6.92 Å². The Bertz CT molecular complexity index is 850. The molecule has 0 fully saturated rings. The van der Waals surface area contributed by atoms with E-state index < -0.39 is 13.6 Å². The third kappa shape index (κ3) is 5.45. The third-order valence-corrected chi connectivity index (χ3v) is 7.86. The normalized spacial score (nSPS) is 12.9. The molecule has 1 atom stereocenters. The van der Waals surface area contributed by atoms with Crippen molar-refractivity contribution in [3.8, 4) is 5.75 Å². The fraction of sp³-hybridized carbons (Fsp3) is 0.450. The van der Waals surface area contributed by atoms with Gasteiger partial charge in [-0.2, -0.15) is 0 Å². The van der Waals surface area contributed by atoms with Crippen LogP contribution in [-0.4, -0.2) is 30.4 Å². The van der Waals surface area contributed by atoms with E-state index in [1.54, 1.807) is 26.0 Å². The summed E-state index contributed by atoms with van der Waals surface area (Å²) in [6.45, 7) is 9.88. The van der Waals surface area contributed by atoms with Crippen molar-refractivity contribution in [2.75, 3.05) is 13.2 Å². The summed E-state index contributed by atoms with van der Waals surface area (Å²) in [6, 6.07) is 8.66. The maximum absolute atomic E-state index is 13.0. The van der Waals surface area contributed by atoms with Crippen LogP contribution in [0.3, 0.4) is 0 Å². The molecule has 1 aromatic carbocycles. The molecule has 0 spiro atoms. The molecule has 0 aliphatic heterocycles. The monoisotopic (exact) mass is 426 g/mol. The molecule has 2 aromatic rings. The standard InChI is InChI=1S/C20H27O6PS/c1-6-24-27(23,25-7-2)19-9-8-18(28-19)14(5)15-10-16(20(21)22)12-17(11-15)26-13(3)4/h8-14H,6-7H2,1-5H3,(H,21,22). The number of rotatable bonds is 10. The van der Waals surface area contributed by atoms with Crippen LogP contribution in [0.4, 0.5) is 0 Å². The summed E-state index contributed by atoms with van der Waals surface area (Å²) in [4.78, 5) is 12.4. The summed E-state index contributed by atoms with van der Waals surface area (Å²) in [5.41, 5.74) is 0.984. The number of hydrogen-bond acceptors (Lipinski definition) is 6. The number of carboxylic acids is 1. The zero-order chi connectivity index (χ0) is 20.9. The van der Waals surface area contributed by atoms with Crippen LogP contribution in [0.1, 0.15) is 61.3 Å². The van der Waals surface area contributed by atoms with Gasteiger partial charge in [0.05, 0.1) is 24.9 Å². The average Bonchev–Trinajstić information content (AvgIpc) is 3.11. The molecule has 0 bridgehead atoms. The largest absolute Gasteiger partial charge is 0.491 e. The van der Waals surface area contributed by atoms with Gasteiger partial charge in [0.25, 0.3) is 0 Å². The van der Waals surface area contributed by atoms with Crippen LogP contribution in [-0.2, 0) is 13.6 Å². The minimum absolute atomic E-state index is 0.0659. The van der Waals surface area contributed by atoms with Crippen LogP contribution in [0.5, 0.6) is 5.75 Å². The maximum atomic E-state index is 13.0. The minimum atomic E-state index is -3.34. The Kier molecular flexibility index (Phi) is 7.84. The predicted octanol–water partition coefficient (Wildman–Crippen LogP) is 5.28. The van der Waals surface area contributed by atoms with Gasteiger partial charge in [0.1, 0.15) is 10.4 Å². The van der Waals surface area contributed by atoms with Crippen LogP contribution in [0, 0.1) is 0 Å². The number of aromatic carboxylic acids is 1. The molecule has 0 amide bonds. The Labute approximate surface area is 170 Å². The summed E-state index contributed by atoms with van der Waals surface area (Å²) in [7, 11) is -3.34. The molecule has 154 valence electrons. The van der Waals surface area contributed by atoms with E-state index in [-0.39, 0.29) is 30.8 Å². The zero-order valence-corrected chi connectivity index (χ0v) is 18.5. The van der Waals surface area contributed by atoms with Gasteiger partial charge in [-0.15, -0.1) is 11.3 Å². The van der Waals surface area contributed by atoms with Crippen LogP contribution in [0.15, 0.2) is 30.3 Å². The maximum Gasteiger partial charge on any atom is 0.371 e. The first-order valence-electron chi connectivity index (χ1n) is 9.24. The summed E-state index contributed by atoms with van der Waals surface area (Å²) in [5, 5.41) is 9.43. The van der Waals surface area contributed by atoms with Crippen LogP contribution < -0.4 is 9.36 Å². The second-order valence-electron chi connectivity index (χ2n) is 6.49. The highest BCUT2D eigenvalue weighted by Gasteiger charge is 2.29. The highest BCUT2D eigenvalue weighted by atomic mass is 32.1. The van der Waals surface area contributed by atoms with Crippen molar-refractivity contribution >= 4 is 29.5 Å². The lowest BCUT2D eigenvalue weighted by Gasteiger charge is -2.16. The Balaban J connectivity index is 2.39. The van der Waals surface area contributed by atoms with E-state index in [9.17, 15) is 14.5 Å². The molecule has 0 saturated heterocycles. The molecule has 0 radical (unpaired) electrons. The molecular weight excluding hydrogens is 399 g/mol. The van der Waals surface area contributed by atoms with Gasteiger partial charge in [-0.05, 0) is 63.6 Å². The molecule has 6 nitrogen and oxygen atoms in total. The average molecular weight is 426 g/mol. The van der Waals surface area contributed by atoms with Crippen LogP contribution >= 0.6 is 18.9 Å². The third-order valence-electron chi connectivity index (χ3n) is 3.95. The lowest BCUT2D eigenvalue weighted by atomic mass is 9.97. The fourth-order valence-corrected chi connectivity index (χ4v) is 5.90. The van der Waals surface area contributed by atoms with Crippen molar-refractivity contribution in [3.63, 3.8) is 0 Å². The van der Waals surface area contributed by atoms with Gasteiger partial charge < -0.3 is 18.9 Å². The SMILES string of the molecule is CCOP(=O)(OCC)c1ccc(C(C)c2cc(OC(C)C)cc(C(=O)O)c2)s1. The quantitative estimate of drug-likeness (QED) is 0.521. The number of carboxylic acid groups (broad SMARTS) is 1. The smallest absolute Gasteiger partial charge is 0.371 e. The van der Waals surface area contributed by atoms with Gasteiger partial charge in [0.15, 0.2) is 0 Å². The van der Waals surface area contributed by atoms with Gasteiger partial charge >= 0.3 is 13.6 Å². The highest BCUT2D eigenvalue weighted by Crippen LogP contribution is 2.49. The van der Waals surface area contributed by atoms with Crippen molar-refractivity contribution in [2.24, 2.45) is 0 Å². The summed E-state index contributed by atoms with van der Waals surface area (Å²) >= 11 is 1.36. The first-order valence-corrected chi connectivity index (χ1v) is 11.6. The van der Waals surface area contributed by atoms with Crippen molar-refractivity contribution in [3.05, 3.63) is 46.3 Å². The first-order chi connectivity index (χ1) is 13.2. The van der Waals surface area contributed by atoms with Gasteiger partial charge in [0, 0.05) is 10.8 Å². The van der Waals surface area contributed by atoms with Crippen LogP contribution in [0.2, 0.25) is 0 Å². The fourth-order valence-electron chi connectivity index (χ4n) is 2.73. The number of hydrogen-bond donors (Lipinski definition) is 1. The molecular formula is C20H27O6PS. The Hall–Kier alpha value is -1.66. The summed E-state index contributed by atoms with van der Waals surface area (Å²) < 4.78 is 30.1. The van der Waals surface area contributed by atoms with Gasteiger partial charge in [-0.3, -0.25) is 4.57 Å². The molecule has 0 saturated carbocycles. The summed E-state index contributed by atoms with van der Waals surface area (Å²) in [6.07, 6.45) is -0.0659. The van der Waals surface area contributed by atoms with E-state index >= 15 is 0 Å². The van der Waals surface area contributed by atoms with E-state index in [0.29, 0.717) is 10.4 Å². The van der Waals surface area contributed by atoms with Gasteiger partial charge in [-0.25, -0.2) is 4.79 Å². The predicted molar refractivity (Wildman–Crippen MR) is 111 cm³/mol. The second-order valence-corrected chi connectivity index (χ2v) is 9.90. The van der Waals surface area contributed by atoms with E-state index in [4.69, 9.17) is 13.8 Å². The minimum Gasteiger partial charge on any atom is -0.491 e. The Morgan fingerprint density at radius 3 is 2.29 bits per heavy atom. The van der Waals surface area contributed by atoms with E-state index in [1.807, 2.05) is 32.9 Å². The van der Waals surface area contributed by atoms with E-state index in [1.165, 1.54) is 17.4 Å². The van der Waals surface area contributed by atoms with Gasteiger partial charge in [0.2, 0.25) is 0 Å². The number of thiophene rings is 1. The Morgan fingerprint density at radius 2 is 1.75 bits per heavy atom. The molecule has 0 aliphatic carbocycles. The Morgan fingerprint density at radius 1 is 1.11 bits per heavy atom. The summed E-state index contributed by atoms with van der Waals surface area (Å²) in [5.74, 6) is -0.598. The van der Waals surface area contributed by atoms with Crippen molar-refractivity contribution in [2.45, 2.75) is 46.6 Å². The molecule has 1 heterocycles. The highest BCUT2D eigenvalue weighted by molar-refractivity contribution is 7.68. The molecule has 2 rings (SSSR count). The first kappa shape index (κ1) is 22.6. The van der Waals surface area contributed by atoms with E-state index in [2.05, 4.69) is 0 Å². The zero-order valence-electron chi connectivity index (χ0n) is 16.8. The van der Waals surface area contributed by atoms with Crippen molar-refractivity contribution < 1.29 is 28.3 Å².